The van der Waals surface area contributed by atoms with E-state index >= 15 is 0 Å². The number of hydrogen-bond acceptors (Lipinski definition) is 4. The molecule has 0 radical (unpaired) electrons. The zero-order valence-electron chi connectivity index (χ0n) is 14.7. The fraction of sp³-hybridized carbons (Fsp3) is 0. The molecule has 0 spiro atoms. The SMILES string of the molecule is O=c1c(=O)n(-c2ccccc2)c2c3nccnc3ccc2n1-c1ccccc1. The summed E-state index contributed by atoms with van der Waals surface area (Å²) in [5, 5.41) is 0. The second-order valence-electron chi connectivity index (χ2n) is 6.31. The summed E-state index contributed by atoms with van der Waals surface area (Å²) in [5.41, 5.74) is 2.32. The lowest BCUT2D eigenvalue weighted by molar-refractivity contribution is 0.920. The Morgan fingerprint density at radius 3 is 1.86 bits per heavy atom. The Kier molecular flexibility index (Phi) is 3.62. The number of aromatic nitrogens is 4. The smallest absolute Gasteiger partial charge is 0.271 e. The van der Waals surface area contributed by atoms with E-state index in [4.69, 9.17) is 0 Å². The molecule has 6 heteroatoms. The first-order valence-electron chi connectivity index (χ1n) is 8.78. The summed E-state index contributed by atoms with van der Waals surface area (Å²) in [6.07, 6.45) is 3.19. The molecule has 134 valence electrons. The van der Waals surface area contributed by atoms with Gasteiger partial charge in [0.1, 0.15) is 11.0 Å². The van der Waals surface area contributed by atoms with Crippen molar-refractivity contribution in [2.45, 2.75) is 0 Å². The predicted molar refractivity (Wildman–Crippen MR) is 108 cm³/mol. The Morgan fingerprint density at radius 1 is 0.607 bits per heavy atom. The highest BCUT2D eigenvalue weighted by molar-refractivity contribution is 6.01. The van der Waals surface area contributed by atoms with Crippen molar-refractivity contribution in [3.8, 4) is 11.4 Å². The maximum absolute atomic E-state index is 13.2. The predicted octanol–water partition coefficient (Wildman–Crippen LogP) is 3.08. The van der Waals surface area contributed by atoms with Crippen LogP contribution in [0.15, 0.2) is 94.8 Å². The topological polar surface area (TPSA) is 69.8 Å². The van der Waals surface area contributed by atoms with Crippen molar-refractivity contribution >= 4 is 22.1 Å². The minimum atomic E-state index is -0.638. The average molecular weight is 366 g/mol. The standard InChI is InChI=1S/C22H14N4O2/c27-21-22(28)26(16-9-5-2-6-10-16)20-18(25(21)15-7-3-1-4-8-15)12-11-17-19(20)24-14-13-23-17/h1-14H. The Hall–Kier alpha value is -4.06. The van der Waals surface area contributed by atoms with Crippen LogP contribution in [0.2, 0.25) is 0 Å². The number of para-hydroxylation sites is 2. The van der Waals surface area contributed by atoms with Crippen LogP contribution in [0.25, 0.3) is 33.4 Å². The maximum Gasteiger partial charge on any atom is 0.321 e. The van der Waals surface area contributed by atoms with E-state index in [1.165, 1.54) is 9.13 Å². The van der Waals surface area contributed by atoms with Gasteiger partial charge in [-0.05, 0) is 36.4 Å². The van der Waals surface area contributed by atoms with Crippen molar-refractivity contribution in [2.24, 2.45) is 0 Å². The van der Waals surface area contributed by atoms with Gasteiger partial charge in [-0.3, -0.25) is 28.7 Å². The third-order valence-corrected chi connectivity index (χ3v) is 4.67. The summed E-state index contributed by atoms with van der Waals surface area (Å²) in [4.78, 5) is 35.1. The fourth-order valence-corrected chi connectivity index (χ4v) is 3.47. The molecule has 5 rings (SSSR count). The monoisotopic (exact) mass is 366 g/mol. The van der Waals surface area contributed by atoms with E-state index in [-0.39, 0.29) is 0 Å². The van der Waals surface area contributed by atoms with Crippen molar-refractivity contribution in [2.75, 3.05) is 0 Å². The molecule has 0 amide bonds. The van der Waals surface area contributed by atoms with E-state index in [0.717, 1.165) is 0 Å². The Balaban J connectivity index is 2.07. The van der Waals surface area contributed by atoms with E-state index in [1.54, 1.807) is 42.7 Å². The van der Waals surface area contributed by atoms with Crippen LogP contribution < -0.4 is 11.1 Å². The number of nitrogens with zero attached hydrogens (tertiary/aromatic N) is 4. The average Bonchev–Trinajstić information content (AvgIpc) is 2.76. The number of benzene rings is 3. The van der Waals surface area contributed by atoms with E-state index in [0.29, 0.717) is 33.4 Å². The fourth-order valence-electron chi connectivity index (χ4n) is 3.47. The van der Waals surface area contributed by atoms with E-state index in [2.05, 4.69) is 9.97 Å². The summed E-state index contributed by atoms with van der Waals surface area (Å²) >= 11 is 0. The highest BCUT2D eigenvalue weighted by Crippen LogP contribution is 2.24. The van der Waals surface area contributed by atoms with Crippen LogP contribution in [-0.2, 0) is 0 Å². The third-order valence-electron chi connectivity index (χ3n) is 4.67. The van der Waals surface area contributed by atoms with Crippen molar-refractivity contribution in [3.05, 3.63) is 106 Å². The number of rotatable bonds is 2. The minimum Gasteiger partial charge on any atom is -0.271 e. The highest BCUT2D eigenvalue weighted by Gasteiger charge is 2.18. The quantitative estimate of drug-likeness (QED) is 0.356. The van der Waals surface area contributed by atoms with E-state index in [9.17, 15) is 9.59 Å². The molecule has 0 saturated heterocycles. The van der Waals surface area contributed by atoms with Crippen LogP contribution in [0, 0.1) is 0 Å². The Morgan fingerprint density at radius 2 is 1.18 bits per heavy atom. The second kappa shape index (κ2) is 6.28. The van der Waals surface area contributed by atoms with E-state index < -0.39 is 11.1 Å². The Labute approximate surface area is 159 Å². The molecule has 0 aliphatic rings. The molecule has 6 nitrogen and oxygen atoms in total. The second-order valence-corrected chi connectivity index (χ2v) is 6.31. The van der Waals surface area contributed by atoms with Crippen molar-refractivity contribution in [3.63, 3.8) is 0 Å². The van der Waals surface area contributed by atoms with Crippen LogP contribution >= 0.6 is 0 Å². The molecule has 0 N–H and O–H groups in total. The molecule has 28 heavy (non-hydrogen) atoms. The molecular formula is C22H14N4O2. The Bertz CT molecular complexity index is 1440. The van der Waals surface area contributed by atoms with Crippen molar-refractivity contribution in [1.29, 1.82) is 0 Å². The molecule has 0 aliphatic carbocycles. The first-order valence-corrected chi connectivity index (χ1v) is 8.78. The third kappa shape index (κ3) is 2.35. The van der Waals surface area contributed by atoms with Gasteiger partial charge in [-0.1, -0.05) is 36.4 Å². The van der Waals surface area contributed by atoms with E-state index in [1.807, 2.05) is 42.5 Å². The zero-order valence-corrected chi connectivity index (χ0v) is 14.7. The summed E-state index contributed by atoms with van der Waals surface area (Å²) in [6.45, 7) is 0. The summed E-state index contributed by atoms with van der Waals surface area (Å²) < 4.78 is 2.86. The van der Waals surface area contributed by atoms with Gasteiger partial charge in [0.05, 0.1) is 11.0 Å². The molecule has 0 aliphatic heterocycles. The molecule has 0 bridgehead atoms. The first-order chi connectivity index (χ1) is 13.8. The summed E-state index contributed by atoms with van der Waals surface area (Å²) in [5.74, 6) is 0. The van der Waals surface area contributed by atoms with Gasteiger partial charge in [-0.2, -0.15) is 0 Å². The van der Waals surface area contributed by atoms with Crippen molar-refractivity contribution in [1.82, 2.24) is 19.1 Å². The highest BCUT2D eigenvalue weighted by atomic mass is 16.2. The maximum atomic E-state index is 13.2. The molecule has 0 atom stereocenters. The van der Waals surface area contributed by atoms with Crippen molar-refractivity contribution < 1.29 is 0 Å². The van der Waals surface area contributed by atoms with Crippen LogP contribution in [0.5, 0.6) is 0 Å². The van der Waals surface area contributed by atoms with Crippen LogP contribution in [0.1, 0.15) is 0 Å². The van der Waals surface area contributed by atoms with Crippen LogP contribution in [-0.4, -0.2) is 19.1 Å². The molecule has 2 aromatic heterocycles. The van der Waals surface area contributed by atoms with Gasteiger partial charge in [0, 0.05) is 23.8 Å². The largest absolute Gasteiger partial charge is 0.321 e. The molecule has 0 unspecified atom stereocenters. The molecule has 3 aromatic carbocycles. The lowest BCUT2D eigenvalue weighted by atomic mass is 10.2. The zero-order chi connectivity index (χ0) is 19.1. The van der Waals surface area contributed by atoms with Gasteiger partial charge >= 0.3 is 11.1 Å². The van der Waals surface area contributed by atoms with Gasteiger partial charge in [0.15, 0.2) is 0 Å². The number of hydrogen-bond donors (Lipinski definition) is 0. The first kappa shape index (κ1) is 16.1. The van der Waals surface area contributed by atoms with Gasteiger partial charge < -0.3 is 0 Å². The van der Waals surface area contributed by atoms with Gasteiger partial charge in [-0.25, -0.2) is 0 Å². The molecule has 5 aromatic rings. The van der Waals surface area contributed by atoms with Crippen LogP contribution in [0.3, 0.4) is 0 Å². The number of fused-ring (bicyclic) bond motifs is 3. The molecule has 2 heterocycles. The lowest BCUT2D eigenvalue weighted by Gasteiger charge is -2.16. The van der Waals surface area contributed by atoms with Crippen LogP contribution in [0.4, 0.5) is 0 Å². The summed E-state index contributed by atoms with van der Waals surface area (Å²) in [6, 6.07) is 21.8. The minimum absolute atomic E-state index is 0.547. The summed E-state index contributed by atoms with van der Waals surface area (Å²) in [7, 11) is 0. The molecule has 0 saturated carbocycles. The van der Waals surface area contributed by atoms with Gasteiger partial charge in [0.25, 0.3) is 0 Å². The normalized spacial score (nSPS) is 11.1. The molecule has 0 fully saturated rings. The van der Waals surface area contributed by atoms with Gasteiger partial charge in [0.2, 0.25) is 0 Å². The van der Waals surface area contributed by atoms with Gasteiger partial charge in [-0.15, -0.1) is 0 Å². The lowest BCUT2D eigenvalue weighted by Crippen LogP contribution is -2.40. The molecular weight excluding hydrogens is 352 g/mol.